The van der Waals surface area contributed by atoms with Gasteiger partial charge in [0, 0.05) is 35.7 Å². The first-order chi connectivity index (χ1) is 31.8. The van der Waals surface area contributed by atoms with Crippen LogP contribution >= 0.6 is 20.7 Å². The van der Waals surface area contributed by atoms with Crippen molar-refractivity contribution in [1.29, 1.82) is 0 Å². The predicted molar refractivity (Wildman–Crippen MR) is 239 cm³/mol. The number of aliphatic carboxylic acids is 1. The van der Waals surface area contributed by atoms with Gasteiger partial charge in [-0.05, 0) is 24.3 Å². The summed E-state index contributed by atoms with van der Waals surface area (Å²) in [6.45, 7) is -4.64. The van der Waals surface area contributed by atoms with Gasteiger partial charge in [-0.25, -0.2) is 4.79 Å². The molecule has 27 nitrogen and oxygen atoms in total. The lowest BCUT2D eigenvalue weighted by Crippen LogP contribution is -2.55. The van der Waals surface area contributed by atoms with Gasteiger partial charge in [-0.3, -0.25) is 52.7 Å². The largest absolute Gasteiger partial charge is 0.480 e. The monoisotopic (exact) mass is 982 g/mol. The molecule has 1 fully saturated rings. The van der Waals surface area contributed by atoms with Crippen molar-refractivity contribution in [3.63, 3.8) is 0 Å². The van der Waals surface area contributed by atoms with Crippen LogP contribution in [0, 0.1) is 0 Å². The first kappa shape index (κ1) is 54.4. The molecule has 67 heavy (non-hydrogen) atoms. The molecule has 2 aromatic rings. The molecule has 1 aromatic heterocycles. The first-order valence-electron chi connectivity index (χ1n) is 20.3. The van der Waals surface area contributed by atoms with Gasteiger partial charge in [0.1, 0.15) is 18.1 Å². The second kappa shape index (κ2) is 28.1. The Bertz CT molecular complexity index is 2160. The molecule has 11 amide bonds. The van der Waals surface area contributed by atoms with E-state index < -0.39 is 163 Å². The number of aromatic amines is 1. The molecular formula is C38H54N12O15S2. The van der Waals surface area contributed by atoms with Gasteiger partial charge in [-0.2, -0.15) is 9.93 Å². The molecule has 1 saturated heterocycles. The highest BCUT2D eigenvalue weighted by Gasteiger charge is 2.28. The molecule has 3 rings (SSSR count). The molecule has 1 aliphatic rings. The van der Waals surface area contributed by atoms with Gasteiger partial charge in [-0.15, -0.1) is 10.8 Å². The van der Waals surface area contributed by atoms with Crippen molar-refractivity contribution in [2.45, 2.75) is 43.3 Å². The Morgan fingerprint density at radius 2 is 1.07 bits per heavy atom. The summed E-state index contributed by atoms with van der Waals surface area (Å²) in [7, 11) is -0.538. The van der Waals surface area contributed by atoms with Crippen molar-refractivity contribution in [2.75, 3.05) is 70.5 Å². The standard InChI is InChI=1S/C38H54N12O15S2/c1-20(52)67-7-6-27(53)40-10-28(54)41-11-29(55)42-13-31(57)45-16-34(60)48-24(8-21-9-39-23-5-3-2-4-22(21)23)36(62)47-15-33(59)44-12-30(56)43-14-32(58)46-17-35(61)49-25(18-51)37(63)50-26(19-66-67)38(64)65/h2-5,9,20,24-26,39,51-52,67H,6-8,10-19H2,1H3,(H,40,53)(H,41,54)(H,42,55)(H,43,56)(H,44,59)(H,45,57)(H,46,58)(H,47,62)(H,48,60)(H,49,61)(H,50,63)(H,64,65)/t20-,24?,25?,26?/m1/s1. The Kier molecular flexibility index (Phi) is 22.8. The Labute approximate surface area is 387 Å². The first-order valence-corrected chi connectivity index (χ1v) is 23.5. The number of thiol groups is 1. The molecule has 0 saturated carbocycles. The number of carbonyl (C=O) groups excluding carboxylic acids is 11. The number of benzene rings is 1. The number of aromatic nitrogens is 1. The topological polar surface area (TPSA) is 414 Å². The number of carbonyl (C=O) groups is 12. The molecule has 15 N–H and O–H groups in total. The summed E-state index contributed by atoms with van der Waals surface area (Å²) < 4.78 is 0. The average molecular weight is 983 g/mol. The van der Waals surface area contributed by atoms with Crippen molar-refractivity contribution in [2.24, 2.45) is 0 Å². The second-order valence-corrected chi connectivity index (χ2v) is 19.2. The van der Waals surface area contributed by atoms with E-state index in [-0.39, 0.29) is 24.3 Å². The zero-order valence-corrected chi connectivity index (χ0v) is 37.7. The van der Waals surface area contributed by atoms with Gasteiger partial charge >= 0.3 is 5.97 Å². The number of amides is 11. The van der Waals surface area contributed by atoms with Crippen LogP contribution in [-0.2, 0) is 64.0 Å². The zero-order valence-electron chi connectivity index (χ0n) is 36.0. The number of fused-ring (bicyclic) bond motifs is 1. The fourth-order valence-electron chi connectivity index (χ4n) is 5.61. The molecular weight excluding hydrogens is 929 g/mol. The summed E-state index contributed by atoms with van der Waals surface area (Å²) >= 11 is 0. The molecule has 368 valence electrons. The molecule has 29 heteroatoms. The molecule has 1 aliphatic heterocycles. The third kappa shape index (κ3) is 20.4. The lowest BCUT2D eigenvalue weighted by molar-refractivity contribution is -0.141. The van der Waals surface area contributed by atoms with Crippen LogP contribution in [0.15, 0.2) is 30.5 Å². The fraction of sp³-hybridized carbons (Fsp3) is 0.474. The predicted octanol–water partition coefficient (Wildman–Crippen LogP) is -7.44. The summed E-state index contributed by atoms with van der Waals surface area (Å²) in [5.41, 5.74) is 0.353. The van der Waals surface area contributed by atoms with Gasteiger partial charge in [0.05, 0.1) is 64.4 Å². The van der Waals surface area contributed by atoms with Crippen LogP contribution < -0.4 is 58.5 Å². The van der Waals surface area contributed by atoms with Gasteiger partial charge in [0.15, 0.2) is 0 Å². The number of aliphatic hydroxyl groups excluding tert-OH is 2. The van der Waals surface area contributed by atoms with Gasteiger partial charge in [0.2, 0.25) is 65.0 Å². The molecule has 1 aromatic carbocycles. The maximum absolute atomic E-state index is 13.3. The van der Waals surface area contributed by atoms with Gasteiger partial charge in [-0.1, -0.05) is 18.2 Å². The van der Waals surface area contributed by atoms with E-state index in [2.05, 4.69) is 63.5 Å². The summed E-state index contributed by atoms with van der Waals surface area (Å²) in [6, 6.07) is 2.60. The number of para-hydroxylation sites is 1. The Balaban J connectivity index is 1.67. The summed E-state index contributed by atoms with van der Waals surface area (Å²) in [6.07, 6.45) is 1.36. The number of nitrogens with one attached hydrogen (secondary N) is 12. The molecule has 5 atom stereocenters. The SMILES string of the molecule is C[C@H](O)[SH]1CCC(=O)NCC(=O)NCC(=O)NCC(=O)NCC(=O)NC(Cc2c[nH]c3ccccc23)C(=O)NCC(=O)NCC(=O)NCC(=O)NCC(=O)NC(CO)C(=O)NC(C(=O)O)CS1. The molecule has 4 unspecified atom stereocenters. The molecule has 0 radical (unpaired) electrons. The third-order valence-corrected chi connectivity index (χ3v) is 14.3. The van der Waals surface area contributed by atoms with Crippen molar-refractivity contribution < 1.29 is 72.9 Å². The lowest BCUT2D eigenvalue weighted by atomic mass is 10.0. The molecule has 0 spiro atoms. The zero-order chi connectivity index (χ0) is 49.5. The summed E-state index contributed by atoms with van der Waals surface area (Å²) in [5, 5.41) is 55.4. The highest BCUT2D eigenvalue weighted by molar-refractivity contribution is 8.85. The highest BCUT2D eigenvalue weighted by atomic mass is 33.1. The Morgan fingerprint density at radius 1 is 0.627 bits per heavy atom. The number of carboxylic acid groups (broad SMARTS) is 1. The minimum Gasteiger partial charge on any atom is -0.480 e. The number of hydrogen-bond donors (Lipinski definition) is 16. The molecule has 0 aliphatic carbocycles. The Hall–Kier alpha value is -6.98. The van der Waals surface area contributed by atoms with Crippen LogP contribution in [0.3, 0.4) is 0 Å². The lowest BCUT2D eigenvalue weighted by Gasteiger charge is -2.26. The minimum absolute atomic E-state index is 0.0553. The van der Waals surface area contributed by atoms with Crippen LogP contribution in [0.5, 0.6) is 0 Å². The van der Waals surface area contributed by atoms with Crippen molar-refractivity contribution in [3.05, 3.63) is 36.0 Å². The van der Waals surface area contributed by atoms with Crippen molar-refractivity contribution in [1.82, 2.24) is 63.5 Å². The van der Waals surface area contributed by atoms with E-state index in [1.807, 2.05) is 0 Å². The number of rotatable bonds is 5. The second-order valence-electron chi connectivity index (χ2n) is 14.4. The Morgan fingerprint density at radius 3 is 1.55 bits per heavy atom. The van der Waals surface area contributed by atoms with E-state index in [1.54, 1.807) is 30.5 Å². The van der Waals surface area contributed by atoms with Crippen molar-refractivity contribution in [3.8, 4) is 0 Å². The number of H-pyrrole nitrogens is 1. The number of hydrogen-bond acceptors (Lipinski definition) is 15. The van der Waals surface area contributed by atoms with Crippen LogP contribution in [-0.4, -0.2) is 185 Å². The fourth-order valence-corrected chi connectivity index (χ4v) is 9.65. The van der Waals surface area contributed by atoms with E-state index in [4.69, 9.17) is 0 Å². The van der Waals surface area contributed by atoms with Gasteiger partial charge < -0.3 is 78.8 Å². The summed E-state index contributed by atoms with van der Waals surface area (Å²) in [5.74, 6) is -11.0. The van der Waals surface area contributed by atoms with Crippen molar-refractivity contribution >= 4 is 103 Å². The number of carboxylic acids is 1. The van der Waals surface area contributed by atoms with E-state index in [0.29, 0.717) is 5.56 Å². The van der Waals surface area contributed by atoms with Crippen LogP contribution in [0.25, 0.3) is 10.9 Å². The normalized spacial score (nSPS) is 23.3. The van der Waals surface area contributed by atoms with E-state index in [0.717, 1.165) is 21.7 Å². The highest BCUT2D eigenvalue weighted by Crippen LogP contribution is 2.44. The average Bonchev–Trinajstić information content (AvgIpc) is 3.71. The van der Waals surface area contributed by atoms with Gasteiger partial charge in [0.25, 0.3) is 0 Å². The van der Waals surface area contributed by atoms with Crippen LogP contribution in [0.2, 0.25) is 0 Å². The minimum atomic E-state index is -1.66. The maximum Gasteiger partial charge on any atom is 0.327 e. The third-order valence-electron chi connectivity index (χ3n) is 9.13. The summed E-state index contributed by atoms with van der Waals surface area (Å²) in [4.78, 5) is 153. The maximum atomic E-state index is 13.3. The molecule has 0 bridgehead atoms. The molecule has 2 heterocycles. The quantitative estimate of drug-likeness (QED) is 0.0978. The van der Waals surface area contributed by atoms with Crippen LogP contribution in [0.4, 0.5) is 0 Å². The van der Waals surface area contributed by atoms with Crippen LogP contribution in [0.1, 0.15) is 18.9 Å². The smallest absolute Gasteiger partial charge is 0.327 e. The number of aliphatic hydroxyl groups is 2. The van der Waals surface area contributed by atoms with E-state index in [1.165, 1.54) is 6.92 Å². The van der Waals surface area contributed by atoms with E-state index in [9.17, 15) is 72.9 Å². The van der Waals surface area contributed by atoms with E-state index >= 15 is 0 Å².